The van der Waals surface area contributed by atoms with E-state index in [4.69, 9.17) is 5.73 Å². The second-order valence-electron chi connectivity index (χ2n) is 9.40. The molecule has 0 aromatic heterocycles. The van der Waals surface area contributed by atoms with Crippen molar-refractivity contribution >= 4 is 27.7 Å². The van der Waals surface area contributed by atoms with Crippen molar-refractivity contribution in [1.29, 1.82) is 0 Å². The Balaban J connectivity index is 1.70. The van der Waals surface area contributed by atoms with Crippen molar-refractivity contribution in [2.24, 2.45) is 17.6 Å². The Bertz CT molecular complexity index is 792. The van der Waals surface area contributed by atoms with Crippen molar-refractivity contribution in [1.82, 2.24) is 19.8 Å². The number of rotatable bonds is 7. The fourth-order valence-electron chi connectivity index (χ4n) is 5.17. The molecule has 0 aromatic carbocycles. The Morgan fingerprint density at radius 3 is 2.31 bits per heavy atom. The summed E-state index contributed by atoms with van der Waals surface area (Å²) in [5.74, 6) is -1.02. The standard InChI is InChI=1S/C21H37N5O5S/c1-32(30,31)26-12-11-25(21(29)16-7-9-23-10-8-16)14-18(26)20(28)24-17(19(22)27)13-15-5-3-2-4-6-15/h15-18,23H,2-14H2,1H3,(H2,22,27)(H,24,28). The van der Waals surface area contributed by atoms with Gasteiger partial charge in [0, 0.05) is 25.6 Å². The van der Waals surface area contributed by atoms with Crippen LogP contribution in [0.4, 0.5) is 0 Å². The summed E-state index contributed by atoms with van der Waals surface area (Å²) in [5, 5.41) is 5.93. The summed E-state index contributed by atoms with van der Waals surface area (Å²) >= 11 is 0. The molecule has 3 aliphatic rings. The van der Waals surface area contributed by atoms with Crippen LogP contribution in [0.15, 0.2) is 0 Å². The van der Waals surface area contributed by atoms with Gasteiger partial charge in [0.2, 0.25) is 27.7 Å². The van der Waals surface area contributed by atoms with Gasteiger partial charge in [-0.25, -0.2) is 8.42 Å². The first-order valence-electron chi connectivity index (χ1n) is 11.7. The maximum absolute atomic E-state index is 13.2. The minimum atomic E-state index is -3.67. The normalized spacial score (nSPS) is 25.3. The lowest BCUT2D eigenvalue weighted by atomic mass is 9.84. The molecule has 3 rings (SSSR count). The van der Waals surface area contributed by atoms with Crippen molar-refractivity contribution < 1.29 is 22.8 Å². The van der Waals surface area contributed by atoms with Gasteiger partial charge in [-0.15, -0.1) is 0 Å². The molecule has 2 heterocycles. The Hall–Kier alpha value is -1.72. The van der Waals surface area contributed by atoms with E-state index in [0.29, 0.717) is 12.3 Å². The van der Waals surface area contributed by atoms with Crippen molar-refractivity contribution in [3.05, 3.63) is 0 Å². The number of sulfonamides is 1. The fourth-order valence-corrected chi connectivity index (χ4v) is 6.21. The van der Waals surface area contributed by atoms with E-state index in [9.17, 15) is 22.8 Å². The SMILES string of the molecule is CS(=O)(=O)N1CCN(C(=O)C2CCNCC2)CC1C(=O)NC(CC1CCCCC1)C(N)=O. The Morgan fingerprint density at radius 2 is 1.72 bits per heavy atom. The molecule has 10 nitrogen and oxygen atoms in total. The van der Waals surface area contributed by atoms with Gasteiger partial charge in [-0.1, -0.05) is 32.1 Å². The number of primary amides is 1. The van der Waals surface area contributed by atoms with E-state index >= 15 is 0 Å². The third-order valence-electron chi connectivity index (χ3n) is 7.01. The molecule has 1 aliphatic carbocycles. The number of carbonyl (C=O) groups excluding carboxylic acids is 3. The molecule has 0 bridgehead atoms. The minimum absolute atomic E-state index is 0.0173. The summed E-state index contributed by atoms with van der Waals surface area (Å²) in [4.78, 5) is 39.8. The van der Waals surface area contributed by atoms with Crippen LogP contribution in [0, 0.1) is 11.8 Å². The molecule has 11 heteroatoms. The third kappa shape index (κ3) is 6.41. The summed E-state index contributed by atoms with van der Waals surface area (Å²) in [6.45, 7) is 1.82. The van der Waals surface area contributed by atoms with Gasteiger partial charge < -0.3 is 21.3 Å². The highest BCUT2D eigenvalue weighted by molar-refractivity contribution is 7.88. The maximum atomic E-state index is 13.2. The van der Waals surface area contributed by atoms with E-state index in [0.717, 1.165) is 62.2 Å². The quantitative estimate of drug-likeness (QED) is 0.453. The summed E-state index contributed by atoms with van der Waals surface area (Å²) in [6.07, 6.45) is 8.35. The highest BCUT2D eigenvalue weighted by Crippen LogP contribution is 2.27. The zero-order chi connectivity index (χ0) is 23.3. The number of amides is 3. The predicted octanol–water partition coefficient (Wildman–Crippen LogP) is -0.601. The lowest BCUT2D eigenvalue weighted by Crippen LogP contribution is -2.63. The number of nitrogens with one attached hydrogen (secondary N) is 2. The first kappa shape index (κ1) is 24.9. The Kier molecular flexibility index (Phi) is 8.51. The van der Waals surface area contributed by atoms with E-state index in [2.05, 4.69) is 10.6 Å². The molecule has 2 aliphatic heterocycles. The van der Waals surface area contributed by atoms with Gasteiger partial charge in [-0.05, 0) is 38.3 Å². The largest absolute Gasteiger partial charge is 0.368 e. The summed E-state index contributed by atoms with van der Waals surface area (Å²) < 4.78 is 25.8. The number of carbonyl (C=O) groups is 3. The van der Waals surface area contributed by atoms with Gasteiger partial charge in [0.25, 0.3) is 0 Å². The number of piperazine rings is 1. The molecule has 32 heavy (non-hydrogen) atoms. The molecule has 2 unspecified atom stereocenters. The van der Waals surface area contributed by atoms with Gasteiger partial charge in [0.1, 0.15) is 12.1 Å². The second-order valence-corrected chi connectivity index (χ2v) is 11.3. The van der Waals surface area contributed by atoms with E-state index in [1.54, 1.807) is 4.90 Å². The lowest BCUT2D eigenvalue weighted by Gasteiger charge is -2.41. The zero-order valence-corrected chi connectivity index (χ0v) is 19.7. The number of piperidine rings is 1. The van der Waals surface area contributed by atoms with E-state index in [-0.39, 0.29) is 31.5 Å². The average molecular weight is 472 g/mol. The van der Waals surface area contributed by atoms with Crippen LogP contribution in [0.1, 0.15) is 51.4 Å². The first-order chi connectivity index (χ1) is 15.2. The van der Waals surface area contributed by atoms with Crippen LogP contribution in [0.3, 0.4) is 0 Å². The highest BCUT2D eigenvalue weighted by atomic mass is 32.2. The van der Waals surface area contributed by atoms with Crippen LogP contribution in [0.5, 0.6) is 0 Å². The van der Waals surface area contributed by atoms with Gasteiger partial charge in [-0.2, -0.15) is 4.31 Å². The second kappa shape index (κ2) is 10.9. The van der Waals surface area contributed by atoms with Crippen LogP contribution >= 0.6 is 0 Å². The Labute approximate surface area is 190 Å². The molecule has 3 amide bonds. The van der Waals surface area contributed by atoms with Gasteiger partial charge in [0.15, 0.2) is 0 Å². The molecule has 2 saturated heterocycles. The topological polar surface area (TPSA) is 142 Å². The first-order valence-corrected chi connectivity index (χ1v) is 13.6. The predicted molar refractivity (Wildman–Crippen MR) is 120 cm³/mol. The average Bonchev–Trinajstić information content (AvgIpc) is 2.78. The van der Waals surface area contributed by atoms with Gasteiger partial charge in [0.05, 0.1) is 6.26 Å². The van der Waals surface area contributed by atoms with Crippen molar-refractivity contribution in [2.75, 3.05) is 39.0 Å². The molecule has 0 aromatic rings. The smallest absolute Gasteiger partial charge is 0.240 e. The fraction of sp³-hybridized carbons (Fsp3) is 0.857. The number of hydrogen-bond acceptors (Lipinski definition) is 6. The molecule has 4 N–H and O–H groups in total. The van der Waals surface area contributed by atoms with Gasteiger partial charge in [-0.3, -0.25) is 14.4 Å². The lowest BCUT2D eigenvalue weighted by molar-refractivity contribution is -0.141. The van der Waals surface area contributed by atoms with E-state index in [1.807, 2.05) is 0 Å². The van der Waals surface area contributed by atoms with Crippen molar-refractivity contribution in [3.8, 4) is 0 Å². The summed E-state index contributed by atoms with van der Waals surface area (Å²) in [5.41, 5.74) is 5.57. The molecule has 2 atom stereocenters. The molecular weight excluding hydrogens is 434 g/mol. The molecule has 3 fully saturated rings. The summed E-state index contributed by atoms with van der Waals surface area (Å²) in [7, 11) is -3.67. The molecule has 0 spiro atoms. The number of hydrogen-bond donors (Lipinski definition) is 3. The Morgan fingerprint density at radius 1 is 1.06 bits per heavy atom. The van der Waals surface area contributed by atoms with Crippen LogP contribution in [0.25, 0.3) is 0 Å². The summed E-state index contributed by atoms with van der Waals surface area (Å²) in [6, 6.07) is -1.92. The van der Waals surface area contributed by atoms with E-state index in [1.165, 1.54) is 6.42 Å². The van der Waals surface area contributed by atoms with E-state index < -0.39 is 33.9 Å². The van der Waals surface area contributed by atoms with Crippen molar-refractivity contribution in [2.45, 2.75) is 63.5 Å². The zero-order valence-electron chi connectivity index (χ0n) is 18.9. The number of nitrogens with two attached hydrogens (primary N) is 1. The highest BCUT2D eigenvalue weighted by Gasteiger charge is 2.41. The molecule has 0 radical (unpaired) electrons. The van der Waals surface area contributed by atoms with Crippen LogP contribution in [0.2, 0.25) is 0 Å². The number of nitrogens with zero attached hydrogens (tertiary/aromatic N) is 2. The molecular formula is C21H37N5O5S. The third-order valence-corrected chi connectivity index (χ3v) is 8.30. The van der Waals surface area contributed by atoms with Crippen LogP contribution < -0.4 is 16.4 Å². The van der Waals surface area contributed by atoms with Crippen molar-refractivity contribution in [3.63, 3.8) is 0 Å². The van der Waals surface area contributed by atoms with Gasteiger partial charge >= 0.3 is 0 Å². The molecule has 1 saturated carbocycles. The van der Waals surface area contributed by atoms with Crippen LogP contribution in [-0.2, 0) is 24.4 Å². The van der Waals surface area contributed by atoms with Crippen LogP contribution in [-0.4, -0.2) is 86.4 Å². The minimum Gasteiger partial charge on any atom is -0.368 e. The monoisotopic (exact) mass is 471 g/mol. The maximum Gasteiger partial charge on any atom is 0.240 e. The molecule has 182 valence electrons.